The molecule has 4 aliphatic rings. The van der Waals surface area contributed by atoms with Gasteiger partial charge in [-0.25, -0.2) is 0 Å². The summed E-state index contributed by atoms with van der Waals surface area (Å²) in [6, 6.07) is 19.6. The number of nitrogens with two attached hydrogens (primary N) is 1. The van der Waals surface area contributed by atoms with Crippen molar-refractivity contribution in [3.05, 3.63) is 352 Å². The van der Waals surface area contributed by atoms with Crippen LogP contribution < -0.4 is 15.5 Å². The van der Waals surface area contributed by atoms with Gasteiger partial charge in [0.25, 0.3) is 0 Å². The zero-order valence-corrected chi connectivity index (χ0v) is 44.8. The Morgan fingerprint density at radius 1 is 0.318 bits per heavy atom. The predicted molar refractivity (Wildman–Crippen MR) is 353 cm³/mol. The van der Waals surface area contributed by atoms with Crippen molar-refractivity contribution in [1.82, 2.24) is 0 Å². The predicted octanol–water partition coefficient (Wildman–Crippen LogP) is 21.0. The van der Waals surface area contributed by atoms with Gasteiger partial charge in [0.15, 0.2) is 0 Å². The molecule has 17 rings (SSSR count). The standard InChI is InChI=1S/C82H57N3/c83-62-43-44-71-74(51-62)85(82-69(54-26-9-3-10-27-54)40-21-41-70(82)55-28-11-4-12-29-55)76-50-61(78-64-35-17-13-30-56(64)46-57-31-14-18-36-65(57)78)49-75-80(76)79(71)72-48-59(66-37-19-33-60-47-58-32-15-16-34-63(58)77(60)66)42-45-73(72)84(75)81-67(52-22-5-1-6-23-52)38-20-39-68(81)53-24-7-2-8-25-53/h1-45,48-51,78-79H,46-47,83H2/i1D,2D,3D,4D,5D,6D,7D,8D,9D,10D,11D,12D,20D,21D,22D,23D,24D,25D,26D,27D,28D,29D,38D,39D,40D,41D. The van der Waals surface area contributed by atoms with Gasteiger partial charge < -0.3 is 15.5 Å². The Labute approximate surface area is 533 Å². The van der Waals surface area contributed by atoms with Crippen LogP contribution >= 0.6 is 0 Å². The maximum absolute atomic E-state index is 10.4. The molecule has 2 aliphatic carbocycles. The highest BCUT2D eigenvalue weighted by Crippen LogP contribution is 2.65. The summed E-state index contributed by atoms with van der Waals surface area (Å²) >= 11 is 0. The quantitative estimate of drug-likeness (QED) is 0.154. The number of nitrogen functional groups attached to an aromatic ring is 1. The maximum atomic E-state index is 10.4. The Morgan fingerprint density at radius 2 is 0.788 bits per heavy atom. The number of fused-ring (bicyclic) bond motifs is 9. The number of anilines is 7. The van der Waals surface area contributed by atoms with Gasteiger partial charge in [-0.2, -0.15) is 0 Å². The Balaban J connectivity index is 1.15. The van der Waals surface area contributed by atoms with E-state index in [-0.39, 0.29) is 34.0 Å². The van der Waals surface area contributed by atoms with E-state index >= 15 is 0 Å². The van der Waals surface area contributed by atoms with Crippen molar-refractivity contribution in [2.24, 2.45) is 0 Å². The molecule has 0 aromatic heterocycles. The molecule has 2 N–H and O–H groups in total. The second-order valence-electron chi connectivity index (χ2n) is 21.3. The summed E-state index contributed by atoms with van der Waals surface area (Å²) in [5, 5.41) is 0. The fourth-order valence-electron chi connectivity index (χ4n) is 13.4. The van der Waals surface area contributed by atoms with Crippen molar-refractivity contribution in [1.29, 1.82) is 0 Å². The molecule has 0 amide bonds. The first-order valence-corrected chi connectivity index (χ1v) is 27.6. The molecule has 1 atom stereocenters. The summed E-state index contributed by atoms with van der Waals surface area (Å²) in [5.74, 6) is -2.05. The Hall–Kier alpha value is -10.7. The minimum atomic E-state index is -1.18. The van der Waals surface area contributed by atoms with Crippen LogP contribution in [0.2, 0.25) is 0 Å². The first kappa shape index (κ1) is 29.5. The molecule has 13 aromatic carbocycles. The number of hydrogen-bond donors (Lipinski definition) is 1. The molecular weight excluding hydrogens is 1030 g/mol. The van der Waals surface area contributed by atoms with Gasteiger partial charge >= 0.3 is 0 Å². The van der Waals surface area contributed by atoms with Gasteiger partial charge in [0.2, 0.25) is 0 Å². The van der Waals surface area contributed by atoms with E-state index in [9.17, 15) is 30.2 Å². The summed E-state index contributed by atoms with van der Waals surface area (Å²) in [6.45, 7) is 0. The fraction of sp³-hybridized carbons (Fsp3) is 0.0488. The van der Waals surface area contributed by atoms with Crippen LogP contribution in [-0.4, -0.2) is 0 Å². The molecule has 3 heteroatoms. The van der Waals surface area contributed by atoms with Crippen LogP contribution in [0.25, 0.3) is 66.8 Å². The van der Waals surface area contributed by atoms with Crippen LogP contribution in [0, 0.1) is 0 Å². The lowest BCUT2D eigenvalue weighted by Crippen LogP contribution is -2.31. The highest BCUT2D eigenvalue weighted by molar-refractivity contribution is 6.07. The Kier molecular flexibility index (Phi) is 6.84. The average molecular weight is 1110 g/mol. The van der Waals surface area contributed by atoms with Crippen LogP contribution in [0.4, 0.5) is 39.8 Å². The number of nitrogens with zero attached hydrogens (tertiary/aromatic N) is 2. The van der Waals surface area contributed by atoms with Crippen LogP contribution in [0.3, 0.4) is 0 Å². The highest BCUT2D eigenvalue weighted by atomic mass is 15.2. The average Bonchev–Trinajstić information content (AvgIpc) is 0.877. The van der Waals surface area contributed by atoms with Gasteiger partial charge in [-0.1, -0.05) is 260 Å². The van der Waals surface area contributed by atoms with Crippen LogP contribution in [0.5, 0.6) is 0 Å². The van der Waals surface area contributed by atoms with Gasteiger partial charge in [0, 0.05) is 45.3 Å². The molecule has 3 nitrogen and oxygen atoms in total. The van der Waals surface area contributed by atoms with Gasteiger partial charge in [0.05, 0.1) is 69.8 Å². The van der Waals surface area contributed by atoms with Crippen LogP contribution in [0.1, 0.15) is 103 Å². The van der Waals surface area contributed by atoms with E-state index in [2.05, 4.69) is 0 Å². The minimum absolute atomic E-state index is 0.0106. The molecule has 2 aliphatic heterocycles. The molecule has 400 valence electrons. The second-order valence-corrected chi connectivity index (χ2v) is 21.3. The van der Waals surface area contributed by atoms with Crippen molar-refractivity contribution < 1.29 is 35.6 Å². The van der Waals surface area contributed by atoms with Gasteiger partial charge in [-0.3, -0.25) is 0 Å². The fourth-order valence-corrected chi connectivity index (χ4v) is 13.4. The van der Waals surface area contributed by atoms with E-state index in [0.717, 1.165) is 50.1 Å². The number of rotatable bonds is 8. The van der Waals surface area contributed by atoms with E-state index in [4.69, 9.17) is 11.2 Å². The first-order chi connectivity index (χ1) is 52.9. The minimum Gasteiger partial charge on any atom is -0.399 e. The molecule has 0 bridgehead atoms. The number of benzene rings is 13. The molecule has 13 aromatic rings. The summed E-state index contributed by atoms with van der Waals surface area (Å²) in [7, 11) is 0. The third kappa shape index (κ3) is 7.81. The molecule has 2 heterocycles. The Bertz CT molecular complexity index is 6080. The van der Waals surface area contributed by atoms with Crippen molar-refractivity contribution in [2.75, 3.05) is 15.5 Å². The monoisotopic (exact) mass is 1110 g/mol. The molecule has 0 fully saturated rings. The molecule has 85 heavy (non-hydrogen) atoms. The Morgan fingerprint density at radius 3 is 1.34 bits per heavy atom. The third-order valence-electron chi connectivity index (χ3n) is 16.8. The highest BCUT2D eigenvalue weighted by Gasteiger charge is 2.44. The molecule has 0 spiro atoms. The third-order valence-corrected chi connectivity index (χ3v) is 16.8. The summed E-state index contributed by atoms with van der Waals surface area (Å²) < 4.78 is 249. The number of hydrogen-bond acceptors (Lipinski definition) is 3. The molecule has 0 saturated carbocycles. The van der Waals surface area contributed by atoms with E-state index in [0.29, 0.717) is 35.1 Å². The van der Waals surface area contributed by atoms with E-state index in [1.807, 2.05) is 103 Å². The van der Waals surface area contributed by atoms with Gasteiger partial charge in [0.1, 0.15) is 0 Å². The van der Waals surface area contributed by atoms with Crippen LogP contribution in [-0.2, 0) is 12.8 Å². The van der Waals surface area contributed by atoms with Crippen molar-refractivity contribution in [2.45, 2.75) is 24.7 Å². The smallest absolute Gasteiger partial charge is 0.0630 e. The van der Waals surface area contributed by atoms with Crippen molar-refractivity contribution >= 4 is 39.8 Å². The topological polar surface area (TPSA) is 32.5 Å². The van der Waals surface area contributed by atoms with E-state index < -0.39 is 225 Å². The lowest BCUT2D eigenvalue weighted by atomic mass is 9.71. The largest absolute Gasteiger partial charge is 0.399 e. The van der Waals surface area contributed by atoms with Crippen molar-refractivity contribution in [3.63, 3.8) is 0 Å². The molecular formula is C82H57N3. The lowest BCUT2D eigenvalue weighted by molar-refractivity contribution is 0.870. The normalized spacial score (nSPS) is 18.4. The lowest BCUT2D eigenvalue weighted by Gasteiger charge is -2.47. The van der Waals surface area contributed by atoms with E-state index in [1.54, 1.807) is 36.4 Å². The molecule has 0 radical (unpaired) electrons. The zero-order valence-electron chi connectivity index (χ0n) is 70.8. The first-order valence-electron chi connectivity index (χ1n) is 40.6. The number of para-hydroxylation sites is 2. The second kappa shape index (κ2) is 19.7. The zero-order chi connectivity index (χ0) is 78.7. The summed E-state index contributed by atoms with van der Waals surface area (Å²) in [6.07, 6.45) is 1.01. The van der Waals surface area contributed by atoms with Crippen LogP contribution in [0.15, 0.2) is 297 Å². The summed E-state index contributed by atoms with van der Waals surface area (Å²) in [4.78, 5) is 2.99. The molecule has 0 saturated heterocycles. The van der Waals surface area contributed by atoms with Crippen molar-refractivity contribution in [3.8, 4) is 66.8 Å². The van der Waals surface area contributed by atoms with Gasteiger partial charge in [-0.15, -0.1) is 0 Å². The summed E-state index contributed by atoms with van der Waals surface area (Å²) in [5.41, 5.74) is 10.5. The maximum Gasteiger partial charge on any atom is 0.0630 e. The van der Waals surface area contributed by atoms with Gasteiger partial charge in [-0.05, 0) is 144 Å². The SMILES string of the molecule is [2H]c1c([2H])c([2H])c(-c2c([2H])c([2H])c([2H])c(-c3c([2H])c([2H])c([2H])c([2H])c3[2H])c2N2c3ccc(-c4cccc5c4-c4ccccc4C5)cc3C3c4ccc(N)cc4N(c4c(-c5c([2H])c([2H])c([2H])c([2H])c5[2H])c([2H])c([2H])c([2H])c4-c4c([2H])c([2H])c([2H])c([2H])c4[2H])c4cc(C5c6ccccc6Cc6ccccc65)cc2c43)c([2H])c1[2H]. The molecule has 1 unspecified atom stereocenters. The van der Waals surface area contributed by atoms with E-state index in [1.165, 1.54) is 9.80 Å².